The molecule has 3 aromatic rings. The van der Waals surface area contributed by atoms with Gasteiger partial charge in [-0.05, 0) is 36.4 Å². The maximum absolute atomic E-state index is 13.7. The van der Waals surface area contributed by atoms with Gasteiger partial charge in [-0.2, -0.15) is 0 Å². The van der Waals surface area contributed by atoms with E-state index >= 15 is 0 Å². The zero-order valence-corrected chi connectivity index (χ0v) is 21.2. The van der Waals surface area contributed by atoms with Crippen LogP contribution in [0.2, 0.25) is 0 Å². The van der Waals surface area contributed by atoms with Crippen molar-refractivity contribution in [2.75, 3.05) is 38.1 Å². The Kier molecular flexibility index (Phi) is 7.93. The van der Waals surface area contributed by atoms with E-state index in [9.17, 15) is 34.4 Å². The predicted octanol–water partition coefficient (Wildman–Crippen LogP) is 0.189. The second kappa shape index (κ2) is 11.6. The molecule has 40 heavy (non-hydrogen) atoms. The molecule has 3 amide bonds. The maximum Gasteiger partial charge on any atom is 0.321 e. The molecule has 3 heterocycles. The van der Waals surface area contributed by atoms with Crippen LogP contribution in [0.1, 0.15) is 6.04 Å². The molecule has 212 valence electrons. The lowest BCUT2D eigenvalue weighted by atomic mass is 9.91. The second-order valence-corrected chi connectivity index (χ2v) is 9.63. The van der Waals surface area contributed by atoms with Gasteiger partial charge in [-0.1, -0.05) is 17.3 Å². The molecule has 0 bridgehead atoms. The molecule has 2 aromatic carbocycles. The average Bonchev–Trinajstić information content (AvgIpc) is 3.44. The number of aromatic hydroxyl groups is 1. The molecule has 5 rings (SSSR count). The van der Waals surface area contributed by atoms with Crippen LogP contribution >= 0.6 is 0 Å². The van der Waals surface area contributed by atoms with E-state index in [0.29, 0.717) is 11.3 Å². The van der Waals surface area contributed by atoms with Crippen LogP contribution in [0.3, 0.4) is 0 Å². The van der Waals surface area contributed by atoms with E-state index in [2.05, 4.69) is 15.6 Å². The number of aliphatic hydroxyl groups is 3. The summed E-state index contributed by atoms with van der Waals surface area (Å²) in [5.74, 6) is -0.958. The minimum Gasteiger partial charge on any atom is -0.508 e. The number of benzene rings is 2. The van der Waals surface area contributed by atoms with Crippen LogP contribution in [0.5, 0.6) is 5.75 Å². The number of halogens is 1. The summed E-state index contributed by atoms with van der Waals surface area (Å²) in [6, 6.07) is 10.2. The third-order valence-corrected chi connectivity index (χ3v) is 7.07. The van der Waals surface area contributed by atoms with E-state index in [-0.39, 0.29) is 43.7 Å². The standard InChI is InChI=1S/C26H29FN6O7/c27-16-3-1-2-15(12-16)19-13-33(30-29-19)21-22(36)20(14-34)40-24(23(21)37)25(38)31-8-10-32(11-9-31)26(39)28-17-4-6-18(35)7-5-17/h1-7,12-13,20-24,34-37H,8-11,14H2,(H,28,39)/t20-,21+,22+,23-,24-/m1/s1. The van der Waals surface area contributed by atoms with E-state index in [1.165, 1.54) is 51.0 Å². The van der Waals surface area contributed by atoms with Gasteiger partial charge in [0.15, 0.2) is 6.10 Å². The van der Waals surface area contributed by atoms with Gasteiger partial charge in [0.05, 0.1) is 12.8 Å². The van der Waals surface area contributed by atoms with Crippen LogP contribution in [0, 0.1) is 5.82 Å². The van der Waals surface area contributed by atoms with Crippen LogP contribution in [-0.2, 0) is 9.53 Å². The molecule has 14 heteroatoms. The number of rotatable bonds is 5. The Morgan fingerprint density at radius 3 is 2.40 bits per heavy atom. The van der Waals surface area contributed by atoms with Gasteiger partial charge in [-0.3, -0.25) is 4.79 Å². The van der Waals surface area contributed by atoms with Crippen LogP contribution in [-0.4, -0.2) is 114 Å². The molecule has 0 spiro atoms. The minimum absolute atomic E-state index is 0.0753. The van der Waals surface area contributed by atoms with Crippen molar-refractivity contribution in [2.24, 2.45) is 0 Å². The number of urea groups is 1. The highest BCUT2D eigenvalue weighted by Crippen LogP contribution is 2.32. The van der Waals surface area contributed by atoms with Crippen LogP contribution in [0.25, 0.3) is 11.3 Å². The predicted molar refractivity (Wildman–Crippen MR) is 137 cm³/mol. The Hall–Kier alpha value is -4.11. The van der Waals surface area contributed by atoms with Gasteiger partial charge in [0.2, 0.25) is 0 Å². The van der Waals surface area contributed by atoms with E-state index in [0.717, 1.165) is 0 Å². The number of phenols is 1. The Bertz CT molecular complexity index is 1350. The zero-order chi connectivity index (χ0) is 28.4. The third-order valence-electron chi connectivity index (χ3n) is 7.07. The topological polar surface area (TPSA) is 174 Å². The Morgan fingerprint density at radius 2 is 1.73 bits per heavy atom. The number of hydrogen-bond acceptors (Lipinski definition) is 9. The number of carbonyl (C=O) groups excluding carboxylic acids is 2. The fourth-order valence-electron chi connectivity index (χ4n) is 4.88. The van der Waals surface area contributed by atoms with Crippen molar-refractivity contribution in [1.82, 2.24) is 24.8 Å². The molecule has 0 aliphatic carbocycles. The fraction of sp³-hybridized carbons (Fsp3) is 0.385. The van der Waals surface area contributed by atoms with Crippen LogP contribution in [0.15, 0.2) is 54.7 Å². The summed E-state index contributed by atoms with van der Waals surface area (Å²) in [4.78, 5) is 29.0. The van der Waals surface area contributed by atoms with Gasteiger partial charge in [0, 0.05) is 37.4 Å². The second-order valence-electron chi connectivity index (χ2n) is 9.63. The largest absolute Gasteiger partial charge is 0.508 e. The third kappa shape index (κ3) is 5.60. The van der Waals surface area contributed by atoms with E-state index in [4.69, 9.17) is 4.74 Å². The summed E-state index contributed by atoms with van der Waals surface area (Å²) in [7, 11) is 0. The highest BCUT2D eigenvalue weighted by molar-refractivity contribution is 5.89. The van der Waals surface area contributed by atoms with E-state index in [1.807, 2.05) is 0 Å². The van der Waals surface area contributed by atoms with Crippen molar-refractivity contribution in [3.05, 3.63) is 60.5 Å². The normalized spacial score (nSPS) is 25.1. The molecule has 0 radical (unpaired) electrons. The number of nitrogens with zero attached hydrogens (tertiary/aromatic N) is 5. The quantitative estimate of drug-likeness (QED) is 0.275. The monoisotopic (exact) mass is 556 g/mol. The molecule has 5 atom stereocenters. The van der Waals surface area contributed by atoms with Crippen LogP contribution < -0.4 is 5.32 Å². The van der Waals surface area contributed by atoms with Gasteiger partial charge in [-0.25, -0.2) is 13.9 Å². The highest BCUT2D eigenvalue weighted by atomic mass is 19.1. The fourth-order valence-corrected chi connectivity index (χ4v) is 4.88. The van der Waals surface area contributed by atoms with Crippen molar-refractivity contribution >= 4 is 17.6 Å². The Balaban J connectivity index is 1.26. The number of nitrogens with one attached hydrogen (secondary N) is 1. The number of amides is 3. The Morgan fingerprint density at radius 1 is 1.02 bits per heavy atom. The molecular formula is C26H29FN6O7. The number of carbonyl (C=O) groups is 2. The number of piperazine rings is 1. The first-order valence-corrected chi connectivity index (χ1v) is 12.7. The molecule has 2 aliphatic rings. The van der Waals surface area contributed by atoms with E-state index in [1.54, 1.807) is 18.2 Å². The SMILES string of the molecule is O=C(Nc1ccc(O)cc1)N1CCN(C(=O)[C@@H]2O[C@H](CO)[C@H](O)[C@H](n3cc(-c4cccc(F)c4)nn3)[C@H]2O)CC1. The first-order chi connectivity index (χ1) is 19.2. The molecule has 5 N–H and O–H groups in total. The number of anilines is 1. The van der Waals surface area contributed by atoms with Gasteiger partial charge in [0.25, 0.3) is 5.91 Å². The molecule has 0 saturated carbocycles. The van der Waals surface area contributed by atoms with Crippen LogP contribution in [0.4, 0.5) is 14.9 Å². The summed E-state index contributed by atoms with van der Waals surface area (Å²) in [5, 5.41) is 51.9. The number of phenolic OH excluding ortho intramolecular Hbond substituents is 1. The lowest BCUT2D eigenvalue weighted by Crippen LogP contribution is -2.62. The van der Waals surface area contributed by atoms with Gasteiger partial charge in [-0.15, -0.1) is 5.10 Å². The number of aromatic nitrogens is 3. The summed E-state index contributed by atoms with van der Waals surface area (Å²) >= 11 is 0. The zero-order valence-electron chi connectivity index (χ0n) is 21.2. The lowest BCUT2D eigenvalue weighted by Gasteiger charge is -2.44. The van der Waals surface area contributed by atoms with E-state index < -0.39 is 48.8 Å². The highest BCUT2D eigenvalue weighted by Gasteiger charge is 2.50. The van der Waals surface area contributed by atoms with Crippen molar-refractivity contribution < 1.29 is 39.1 Å². The molecule has 2 fully saturated rings. The van der Waals surface area contributed by atoms with Crippen molar-refractivity contribution in [3.63, 3.8) is 0 Å². The molecule has 1 aromatic heterocycles. The summed E-state index contributed by atoms with van der Waals surface area (Å²) in [5.41, 5.74) is 1.23. The molecular weight excluding hydrogens is 527 g/mol. The summed E-state index contributed by atoms with van der Waals surface area (Å²) < 4.78 is 20.5. The average molecular weight is 557 g/mol. The van der Waals surface area contributed by atoms with Gasteiger partial charge >= 0.3 is 6.03 Å². The molecule has 2 aliphatic heterocycles. The maximum atomic E-state index is 13.7. The first kappa shape index (κ1) is 27.5. The smallest absolute Gasteiger partial charge is 0.321 e. The van der Waals surface area contributed by atoms with Crippen molar-refractivity contribution in [2.45, 2.75) is 30.5 Å². The number of aliphatic hydroxyl groups excluding tert-OH is 3. The molecule has 2 saturated heterocycles. The summed E-state index contributed by atoms with van der Waals surface area (Å²) in [6.07, 6.45) is -4.18. The number of ether oxygens (including phenoxy) is 1. The van der Waals surface area contributed by atoms with Crippen molar-refractivity contribution in [3.8, 4) is 17.0 Å². The first-order valence-electron chi connectivity index (χ1n) is 12.7. The minimum atomic E-state index is -1.55. The Labute approximate surface area is 228 Å². The van der Waals surface area contributed by atoms with Crippen molar-refractivity contribution in [1.29, 1.82) is 0 Å². The lowest BCUT2D eigenvalue weighted by molar-refractivity contribution is -0.212. The molecule has 0 unspecified atom stereocenters. The summed E-state index contributed by atoms with van der Waals surface area (Å²) in [6.45, 7) is 0.143. The van der Waals surface area contributed by atoms with Gasteiger partial charge in [0.1, 0.15) is 41.6 Å². The van der Waals surface area contributed by atoms with Gasteiger partial charge < -0.3 is 40.3 Å². The number of hydrogen-bond donors (Lipinski definition) is 5. The molecule has 13 nitrogen and oxygen atoms in total.